The molecular weight excluding hydrogens is 278 g/mol. The number of rotatable bonds is 4. The van der Waals surface area contributed by atoms with Crippen LogP contribution in [0.15, 0.2) is 41.4 Å². The first-order valence-electron chi connectivity index (χ1n) is 6.05. The fraction of sp³-hybridized carbons (Fsp3) is 0.231. The molecule has 1 aromatic heterocycles. The zero-order valence-corrected chi connectivity index (χ0v) is 12.0. The van der Waals surface area contributed by atoms with Crippen LogP contribution in [0.4, 0.5) is 5.69 Å². The Hall–Kier alpha value is -2.15. The lowest BCUT2D eigenvalue weighted by atomic mass is 10.3. The molecule has 0 bridgehead atoms. The minimum Gasteiger partial charge on any atom is -0.321 e. The van der Waals surface area contributed by atoms with E-state index >= 15 is 0 Å². The van der Waals surface area contributed by atoms with Gasteiger partial charge in [0.1, 0.15) is 0 Å². The van der Waals surface area contributed by atoms with Gasteiger partial charge in [0.05, 0.1) is 4.90 Å². The number of nitrogens with zero attached hydrogens (tertiary/aromatic N) is 2. The Bertz CT molecular complexity index is 718. The van der Waals surface area contributed by atoms with Gasteiger partial charge in [0.15, 0.2) is 15.5 Å². The number of benzene rings is 1. The van der Waals surface area contributed by atoms with E-state index in [1.807, 2.05) is 6.92 Å². The number of sulfone groups is 1. The molecule has 1 amide bonds. The standard InChI is InChI=1S/C13H15N3O3S/c1-3-16-9-8-12(15-16)13(17)14-10-4-6-11(7-5-10)20(2,18)19/h4-9H,3H2,1-2H3,(H,14,17). The SMILES string of the molecule is CCn1ccc(C(=O)Nc2ccc(S(C)(=O)=O)cc2)n1. The van der Waals surface area contributed by atoms with Gasteiger partial charge in [0, 0.05) is 24.7 Å². The van der Waals surface area contributed by atoms with Crippen molar-refractivity contribution in [3.8, 4) is 0 Å². The van der Waals surface area contributed by atoms with Crippen molar-refractivity contribution in [2.24, 2.45) is 0 Å². The highest BCUT2D eigenvalue weighted by Crippen LogP contribution is 2.14. The van der Waals surface area contributed by atoms with E-state index in [0.29, 0.717) is 17.9 Å². The van der Waals surface area contributed by atoms with Crippen LogP contribution in [0.25, 0.3) is 0 Å². The minimum atomic E-state index is -3.23. The Morgan fingerprint density at radius 3 is 2.40 bits per heavy atom. The van der Waals surface area contributed by atoms with Crippen molar-refractivity contribution in [1.29, 1.82) is 0 Å². The van der Waals surface area contributed by atoms with Gasteiger partial charge in [-0.15, -0.1) is 0 Å². The molecule has 0 aliphatic carbocycles. The largest absolute Gasteiger partial charge is 0.321 e. The maximum Gasteiger partial charge on any atom is 0.276 e. The molecular formula is C13H15N3O3S. The second-order valence-corrected chi connectivity index (χ2v) is 6.32. The van der Waals surface area contributed by atoms with Gasteiger partial charge in [-0.25, -0.2) is 8.42 Å². The van der Waals surface area contributed by atoms with E-state index in [0.717, 1.165) is 6.26 Å². The van der Waals surface area contributed by atoms with E-state index in [4.69, 9.17) is 0 Å². The Kier molecular flexibility index (Phi) is 3.89. The second kappa shape index (κ2) is 5.46. The van der Waals surface area contributed by atoms with Gasteiger partial charge < -0.3 is 5.32 Å². The molecule has 0 aliphatic rings. The van der Waals surface area contributed by atoms with Gasteiger partial charge >= 0.3 is 0 Å². The van der Waals surface area contributed by atoms with Gasteiger partial charge in [0.25, 0.3) is 5.91 Å². The first-order chi connectivity index (χ1) is 9.40. The zero-order chi connectivity index (χ0) is 14.8. The Morgan fingerprint density at radius 1 is 1.25 bits per heavy atom. The molecule has 0 unspecified atom stereocenters. The maximum atomic E-state index is 11.9. The number of nitrogens with one attached hydrogen (secondary N) is 1. The average molecular weight is 293 g/mol. The molecule has 1 heterocycles. The normalized spacial score (nSPS) is 11.3. The highest BCUT2D eigenvalue weighted by molar-refractivity contribution is 7.90. The monoisotopic (exact) mass is 293 g/mol. The number of amides is 1. The molecule has 106 valence electrons. The van der Waals surface area contributed by atoms with Gasteiger partial charge in [-0.1, -0.05) is 0 Å². The quantitative estimate of drug-likeness (QED) is 0.927. The molecule has 0 saturated heterocycles. The third-order valence-electron chi connectivity index (χ3n) is 2.74. The zero-order valence-electron chi connectivity index (χ0n) is 11.2. The number of hydrogen-bond acceptors (Lipinski definition) is 4. The lowest BCUT2D eigenvalue weighted by molar-refractivity contribution is 0.102. The molecule has 0 aliphatic heterocycles. The summed E-state index contributed by atoms with van der Waals surface area (Å²) in [7, 11) is -3.23. The summed E-state index contributed by atoms with van der Waals surface area (Å²) >= 11 is 0. The molecule has 7 heteroatoms. The Morgan fingerprint density at radius 2 is 1.90 bits per heavy atom. The van der Waals surface area contributed by atoms with Crippen LogP contribution in [0.5, 0.6) is 0 Å². The number of aryl methyl sites for hydroxylation is 1. The lowest BCUT2D eigenvalue weighted by Crippen LogP contribution is -2.13. The smallest absolute Gasteiger partial charge is 0.276 e. The van der Waals surface area contributed by atoms with Crippen molar-refractivity contribution in [1.82, 2.24) is 9.78 Å². The van der Waals surface area contributed by atoms with Crippen LogP contribution < -0.4 is 5.32 Å². The van der Waals surface area contributed by atoms with Gasteiger partial charge in [-0.05, 0) is 37.3 Å². The molecule has 1 N–H and O–H groups in total. The van der Waals surface area contributed by atoms with Crippen molar-refractivity contribution in [2.45, 2.75) is 18.4 Å². The Balaban J connectivity index is 2.12. The molecule has 2 rings (SSSR count). The summed E-state index contributed by atoms with van der Waals surface area (Å²) in [5.41, 5.74) is 0.840. The number of carbonyl (C=O) groups is 1. The molecule has 0 fully saturated rings. The van der Waals surface area contributed by atoms with Crippen molar-refractivity contribution >= 4 is 21.4 Å². The van der Waals surface area contributed by atoms with Crippen LogP contribution in [0.2, 0.25) is 0 Å². The van der Waals surface area contributed by atoms with Gasteiger partial charge in [-0.3, -0.25) is 9.48 Å². The lowest BCUT2D eigenvalue weighted by Gasteiger charge is -2.04. The third kappa shape index (κ3) is 3.24. The summed E-state index contributed by atoms with van der Waals surface area (Å²) in [5.74, 6) is -0.329. The fourth-order valence-electron chi connectivity index (χ4n) is 1.64. The molecule has 2 aromatic rings. The van der Waals surface area contributed by atoms with Gasteiger partial charge in [0.2, 0.25) is 0 Å². The van der Waals surface area contributed by atoms with Crippen LogP contribution in [0.1, 0.15) is 17.4 Å². The van der Waals surface area contributed by atoms with E-state index in [1.54, 1.807) is 29.1 Å². The van der Waals surface area contributed by atoms with E-state index in [-0.39, 0.29) is 10.8 Å². The van der Waals surface area contributed by atoms with Crippen LogP contribution in [0.3, 0.4) is 0 Å². The van der Waals surface area contributed by atoms with Crippen molar-refractivity contribution in [2.75, 3.05) is 11.6 Å². The fourth-order valence-corrected chi connectivity index (χ4v) is 2.27. The van der Waals surface area contributed by atoms with Gasteiger partial charge in [-0.2, -0.15) is 5.10 Å². The summed E-state index contributed by atoms with van der Waals surface area (Å²) in [6, 6.07) is 7.63. The summed E-state index contributed by atoms with van der Waals surface area (Å²) in [5, 5.41) is 6.76. The first-order valence-corrected chi connectivity index (χ1v) is 7.94. The predicted octanol–water partition coefficient (Wildman–Crippen LogP) is 1.56. The minimum absolute atomic E-state index is 0.214. The Labute approximate surface area is 117 Å². The van der Waals surface area contributed by atoms with E-state index in [9.17, 15) is 13.2 Å². The van der Waals surface area contributed by atoms with Crippen molar-refractivity contribution in [3.63, 3.8) is 0 Å². The molecule has 1 aromatic carbocycles. The highest BCUT2D eigenvalue weighted by Gasteiger charge is 2.11. The first kappa shape index (κ1) is 14.3. The van der Waals surface area contributed by atoms with E-state index in [2.05, 4.69) is 10.4 Å². The molecule has 6 nitrogen and oxygen atoms in total. The second-order valence-electron chi connectivity index (χ2n) is 4.31. The molecule has 0 saturated carbocycles. The van der Waals surface area contributed by atoms with Crippen LogP contribution in [-0.2, 0) is 16.4 Å². The molecule has 0 spiro atoms. The van der Waals surface area contributed by atoms with Crippen molar-refractivity contribution in [3.05, 3.63) is 42.2 Å². The van der Waals surface area contributed by atoms with Crippen LogP contribution >= 0.6 is 0 Å². The summed E-state index contributed by atoms with van der Waals surface area (Å²) in [6.45, 7) is 2.62. The highest BCUT2D eigenvalue weighted by atomic mass is 32.2. The predicted molar refractivity (Wildman–Crippen MR) is 75.4 cm³/mol. The summed E-state index contributed by atoms with van der Waals surface area (Å²) in [6.07, 6.45) is 2.86. The van der Waals surface area contributed by atoms with E-state index in [1.165, 1.54) is 12.1 Å². The summed E-state index contributed by atoms with van der Waals surface area (Å²) in [4.78, 5) is 12.1. The number of carbonyl (C=O) groups excluding carboxylic acids is 1. The van der Waals surface area contributed by atoms with Crippen LogP contribution in [-0.4, -0.2) is 30.4 Å². The van der Waals surface area contributed by atoms with Crippen LogP contribution in [0, 0.1) is 0 Å². The molecule has 0 atom stereocenters. The number of hydrogen-bond donors (Lipinski definition) is 1. The topological polar surface area (TPSA) is 81.1 Å². The van der Waals surface area contributed by atoms with E-state index < -0.39 is 9.84 Å². The summed E-state index contributed by atoms with van der Waals surface area (Å²) < 4.78 is 24.3. The number of anilines is 1. The average Bonchev–Trinajstić information content (AvgIpc) is 2.87. The molecule has 0 radical (unpaired) electrons. The number of aromatic nitrogens is 2. The van der Waals surface area contributed by atoms with Crippen molar-refractivity contribution < 1.29 is 13.2 Å². The molecule has 20 heavy (non-hydrogen) atoms. The third-order valence-corrected chi connectivity index (χ3v) is 3.87. The maximum absolute atomic E-state index is 11.9.